The SMILES string of the molecule is COc1cccc(CCN(C(=O)CC2CC3CCC2C3)[C@@H]2C=C(C(=O)NCCO)[C@@H]3c4cc(CO)cc(OC)c4O[C@@H]3[C@H]2O)c1. The molecule has 1 aliphatic heterocycles. The van der Waals surface area contributed by atoms with E-state index < -0.39 is 30.1 Å². The van der Waals surface area contributed by atoms with Gasteiger partial charge < -0.3 is 39.7 Å². The van der Waals surface area contributed by atoms with Crippen LogP contribution in [0.4, 0.5) is 0 Å². The van der Waals surface area contributed by atoms with Crippen molar-refractivity contribution in [1.82, 2.24) is 10.2 Å². The first-order valence-corrected chi connectivity index (χ1v) is 16.0. The highest BCUT2D eigenvalue weighted by atomic mass is 16.5. The van der Waals surface area contributed by atoms with Gasteiger partial charge in [-0.2, -0.15) is 0 Å². The van der Waals surface area contributed by atoms with Crippen molar-refractivity contribution in [1.29, 1.82) is 0 Å². The molecule has 2 bridgehead atoms. The number of benzene rings is 2. The van der Waals surface area contributed by atoms with Crippen molar-refractivity contribution < 1.29 is 39.1 Å². The van der Waals surface area contributed by atoms with E-state index in [9.17, 15) is 24.9 Å². The fourth-order valence-corrected chi connectivity index (χ4v) is 8.10. The number of methoxy groups -OCH3 is 2. The normalized spacial score (nSPS) is 27.7. The fraction of sp³-hybridized carbons (Fsp3) is 0.543. The standard InChI is InChI=1S/C35H44N2O8/c1-43-25-5-3-4-20(14-25)8-10-37(30(40)17-24-13-21-6-7-23(24)12-21)28-18-27(35(42)36-9-11-38)31-26-15-22(19-39)16-29(44-2)33(26)45-34(31)32(28)41/h3-5,14-16,18,21,23-24,28,31-32,34,38-39,41H,6-13,17,19H2,1-2H3,(H,36,42)/t21?,23?,24?,28-,31+,32+,34+/m1/s1. The molecule has 0 radical (unpaired) electrons. The molecule has 10 heteroatoms. The smallest absolute Gasteiger partial charge is 0.247 e. The van der Waals surface area contributed by atoms with Gasteiger partial charge in [0.1, 0.15) is 18.0 Å². The first-order valence-electron chi connectivity index (χ1n) is 16.0. The number of nitrogens with zero attached hydrogens (tertiary/aromatic N) is 1. The number of carbonyl (C=O) groups excluding carboxylic acids is 2. The van der Waals surface area contributed by atoms with Crippen LogP contribution in [-0.4, -0.2) is 84.2 Å². The zero-order valence-corrected chi connectivity index (χ0v) is 26.0. The molecular weight excluding hydrogens is 576 g/mol. The highest BCUT2D eigenvalue weighted by Gasteiger charge is 2.52. The third-order valence-electron chi connectivity index (χ3n) is 10.3. The minimum atomic E-state index is -1.15. The number of carbonyl (C=O) groups is 2. The van der Waals surface area contributed by atoms with E-state index in [1.165, 1.54) is 26.4 Å². The lowest BCUT2D eigenvalue weighted by Gasteiger charge is -2.41. The van der Waals surface area contributed by atoms with Crippen LogP contribution >= 0.6 is 0 Å². The van der Waals surface area contributed by atoms with E-state index in [0.29, 0.717) is 65.3 Å². The van der Waals surface area contributed by atoms with Crippen LogP contribution in [-0.2, 0) is 22.6 Å². The Balaban J connectivity index is 1.36. The van der Waals surface area contributed by atoms with E-state index >= 15 is 0 Å². The number of hydrogen-bond donors (Lipinski definition) is 4. The Kier molecular flexibility index (Phi) is 9.35. The maximum absolute atomic E-state index is 14.2. The highest BCUT2D eigenvalue weighted by Crippen LogP contribution is 2.52. The van der Waals surface area contributed by atoms with Crippen LogP contribution in [0.15, 0.2) is 48.0 Å². The van der Waals surface area contributed by atoms with Gasteiger partial charge in [-0.05, 0) is 84.9 Å². The molecule has 10 nitrogen and oxygen atoms in total. The second kappa shape index (κ2) is 13.4. The first-order chi connectivity index (χ1) is 21.8. The van der Waals surface area contributed by atoms with Crippen LogP contribution in [0.25, 0.3) is 0 Å². The van der Waals surface area contributed by atoms with Gasteiger partial charge in [-0.25, -0.2) is 0 Å². The average molecular weight is 621 g/mol. The van der Waals surface area contributed by atoms with Gasteiger partial charge in [-0.3, -0.25) is 9.59 Å². The summed E-state index contributed by atoms with van der Waals surface area (Å²) in [5.41, 5.74) is 2.55. The van der Waals surface area contributed by atoms with Crippen molar-refractivity contribution in [3.8, 4) is 17.2 Å². The monoisotopic (exact) mass is 620 g/mol. The molecule has 3 aliphatic carbocycles. The number of aliphatic hydroxyl groups is 3. The molecule has 3 unspecified atom stereocenters. The Morgan fingerprint density at radius 2 is 1.91 bits per heavy atom. The maximum atomic E-state index is 14.2. The van der Waals surface area contributed by atoms with E-state index in [1.54, 1.807) is 30.2 Å². The Morgan fingerprint density at radius 3 is 2.60 bits per heavy atom. The van der Waals surface area contributed by atoms with Gasteiger partial charge in [0.2, 0.25) is 11.8 Å². The molecule has 4 aliphatic rings. The zero-order valence-electron chi connectivity index (χ0n) is 26.0. The molecule has 1 heterocycles. The number of fused-ring (bicyclic) bond motifs is 5. The van der Waals surface area contributed by atoms with Crippen LogP contribution < -0.4 is 19.5 Å². The van der Waals surface area contributed by atoms with Gasteiger partial charge in [0, 0.05) is 30.6 Å². The third kappa shape index (κ3) is 6.15. The molecule has 0 aromatic heterocycles. The third-order valence-corrected chi connectivity index (χ3v) is 10.3. The van der Waals surface area contributed by atoms with Crippen molar-refractivity contribution >= 4 is 11.8 Å². The molecule has 4 N–H and O–H groups in total. The molecule has 2 aromatic carbocycles. The fourth-order valence-electron chi connectivity index (χ4n) is 8.10. The van der Waals surface area contributed by atoms with Gasteiger partial charge in [-0.1, -0.05) is 18.6 Å². The summed E-state index contributed by atoms with van der Waals surface area (Å²) >= 11 is 0. The average Bonchev–Trinajstić information content (AvgIpc) is 3.79. The van der Waals surface area contributed by atoms with Crippen molar-refractivity contribution in [3.05, 3.63) is 64.7 Å². The Hall–Kier alpha value is -3.60. The van der Waals surface area contributed by atoms with Gasteiger partial charge in [-0.15, -0.1) is 0 Å². The second-order valence-electron chi connectivity index (χ2n) is 12.8. The van der Waals surface area contributed by atoms with E-state index in [2.05, 4.69) is 5.32 Å². The van der Waals surface area contributed by atoms with E-state index in [0.717, 1.165) is 17.7 Å². The van der Waals surface area contributed by atoms with Gasteiger partial charge in [0.25, 0.3) is 0 Å². The van der Waals surface area contributed by atoms with Gasteiger partial charge >= 0.3 is 0 Å². The van der Waals surface area contributed by atoms with Gasteiger partial charge in [0.15, 0.2) is 11.5 Å². The summed E-state index contributed by atoms with van der Waals surface area (Å²) in [7, 11) is 3.12. The van der Waals surface area contributed by atoms with E-state index in [-0.39, 0.29) is 25.7 Å². The lowest BCUT2D eigenvalue weighted by Crippen LogP contribution is -2.56. The summed E-state index contributed by atoms with van der Waals surface area (Å²) in [6, 6.07) is 10.3. The molecular formula is C35H44N2O8. The summed E-state index contributed by atoms with van der Waals surface area (Å²) in [6.45, 7) is -0.0862. The maximum Gasteiger partial charge on any atom is 0.247 e. The van der Waals surface area contributed by atoms with Crippen molar-refractivity contribution in [2.24, 2.45) is 17.8 Å². The topological polar surface area (TPSA) is 138 Å². The van der Waals surface area contributed by atoms with Crippen molar-refractivity contribution in [2.45, 2.75) is 69.3 Å². The molecule has 242 valence electrons. The van der Waals surface area contributed by atoms with E-state index in [1.807, 2.05) is 24.3 Å². The Labute approximate surface area is 264 Å². The second-order valence-corrected chi connectivity index (χ2v) is 12.8. The van der Waals surface area contributed by atoms with Gasteiger partial charge in [0.05, 0.1) is 39.4 Å². The minimum Gasteiger partial charge on any atom is -0.497 e. The van der Waals surface area contributed by atoms with Crippen molar-refractivity contribution in [2.75, 3.05) is 33.9 Å². The molecule has 2 amide bonds. The molecule has 0 spiro atoms. The number of aliphatic hydroxyl groups excluding tert-OH is 3. The molecule has 6 rings (SSSR count). The molecule has 2 saturated carbocycles. The largest absolute Gasteiger partial charge is 0.497 e. The number of hydrogen-bond acceptors (Lipinski definition) is 8. The van der Waals surface area contributed by atoms with Crippen LogP contribution in [0.5, 0.6) is 17.2 Å². The lowest BCUT2D eigenvalue weighted by atomic mass is 9.77. The van der Waals surface area contributed by atoms with Crippen LogP contribution in [0.1, 0.15) is 54.7 Å². The first kappa shape index (κ1) is 31.4. The summed E-state index contributed by atoms with van der Waals surface area (Å²) < 4.78 is 17.4. The molecule has 2 fully saturated rings. The lowest BCUT2D eigenvalue weighted by molar-refractivity contribution is -0.138. The predicted molar refractivity (Wildman–Crippen MR) is 166 cm³/mol. The molecule has 2 aromatic rings. The minimum absolute atomic E-state index is 0.0417. The number of nitrogens with one attached hydrogen (secondary N) is 1. The number of amides is 2. The van der Waals surface area contributed by atoms with Crippen LogP contribution in [0, 0.1) is 17.8 Å². The van der Waals surface area contributed by atoms with Crippen LogP contribution in [0.3, 0.4) is 0 Å². The van der Waals surface area contributed by atoms with Crippen molar-refractivity contribution in [3.63, 3.8) is 0 Å². The quantitative estimate of drug-likeness (QED) is 0.284. The molecule has 45 heavy (non-hydrogen) atoms. The molecule has 7 atom stereocenters. The Bertz CT molecular complexity index is 1440. The number of rotatable bonds is 12. The zero-order chi connectivity index (χ0) is 31.7. The van der Waals surface area contributed by atoms with E-state index in [4.69, 9.17) is 14.2 Å². The summed E-state index contributed by atoms with van der Waals surface area (Å²) in [6.07, 6.45) is 5.30. The highest BCUT2D eigenvalue weighted by molar-refractivity contribution is 5.96. The summed E-state index contributed by atoms with van der Waals surface area (Å²) in [4.78, 5) is 29.6. The summed E-state index contributed by atoms with van der Waals surface area (Å²) in [5, 5.41) is 34.1. The Morgan fingerprint density at radius 1 is 1.07 bits per heavy atom. The predicted octanol–water partition coefficient (Wildman–Crippen LogP) is 2.72. The van der Waals surface area contributed by atoms with Crippen LogP contribution in [0.2, 0.25) is 0 Å². The summed E-state index contributed by atoms with van der Waals surface area (Å²) in [5.74, 6) is 2.01. The number of ether oxygens (including phenoxy) is 3. The molecule has 0 saturated heterocycles.